The van der Waals surface area contributed by atoms with Crippen molar-refractivity contribution in [3.8, 4) is 0 Å². The third-order valence-electron chi connectivity index (χ3n) is 1.75. The van der Waals surface area contributed by atoms with Crippen LogP contribution in [0.25, 0.3) is 0 Å². The molecule has 2 N–H and O–H groups in total. The molecule has 2 unspecified atom stereocenters. The third-order valence-corrected chi connectivity index (χ3v) is 2.23. The Morgan fingerprint density at radius 1 is 1.58 bits per heavy atom. The van der Waals surface area contributed by atoms with Crippen LogP contribution >= 0.6 is 7.82 Å². The topological polar surface area (TPSA) is 76.0 Å². The number of phosphoric ester groups is 1. The van der Waals surface area contributed by atoms with Crippen molar-refractivity contribution in [2.45, 2.75) is 32.0 Å². The first-order chi connectivity index (χ1) is 5.47. The molecule has 0 saturated carbocycles. The summed E-state index contributed by atoms with van der Waals surface area (Å²) >= 11 is 0. The molecule has 0 aliphatic carbocycles. The maximum atomic E-state index is 10.3. The second-order valence-corrected chi connectivity index (χ2v) is 4.17. The van der Waals surface area contributed by atoms with Gasteiger partial charge in [0.25, 0.3) is 0 Å². The SMILES string of the molecule is CC1CCC(COP(=O)(O)O)O1. The van der Waals surface area contributed by atoms with Crippen LogP contribution in [0.1, 0.15) is 19.8 Å². The lowest BCUT2D eigenvalue weighted by Gasteiger charge is -2.11. The van der Waals surface area contributed by atoms with Crippen molar-refractivity contribution in [3.05, 3.63) is 0 Å². The summed E-state index contributed by atoms with van der Waals surface area (Å²) in [6.45, 7) is 1.91. The van der Waals surface area contributed by atoms with Gasteiger partial charge in [0.2, 0.25) is 0 Å². The zero-order valence-electron chi connectivity index (χ0n) is 6.84. The summed E-state index contributed by atoms with van der Waals surface area (Å²) < 4.78 is 19.9. The monoisotopic (exact) mass is 196 g/mol. The Balaban J connectivity index is 2.21. The van der Waals surface area contributed by atoms with Gasteiger partial charge in [0.1, 0.15) is 0 Å². The minimum absolute atomic E-state index is 0.0192. The van der Waals surface area contributed by atoms with E-state index in [1.54, 1.807) is 0 Å². The molecule has 0 amide bonds. The molecular formula is C6H13O5P. The lowest BCUT2D eigenvalue weighted by atomic mass is 10.2. The van der Waals surface area contributed by atoms with E-state index in [4.69, 9.17) is 14.5 Å². The Labute approximate surface area is 70.9 Å². The zero-order valence-corrected chi connectivity index (χ0v) is 7.74. The highest BCUT2D eigenvalue weighted by Crippen LogP contribution is 2.36. The molecule has 0 aromatic carbocycles. The van der Waals surface area contributed by atoms with Gasteiger partial charge in [-0.25, -0.2) is 4.57 Å². The summed E-state index contributed by atoms with van der Waals surface area (Å²) in [5.74, 6) is 0. The Morgan fingerprint density at radius 3 is 2.67 bits per heavy atom. The van der Waals surface area contributed by atoms with Crippen LogP contribution in [0.4, 0.5) is 0 Å². The molecule has 0 aromatic heterocycles. The average molecular weight is 196 g/mol. The molecule has 5 nitrogen and oxygen atoms in total. The molecular weight excluding hydrogens is 183 g/mol. The molecule has 0 aromatic rings. The van der Waals surface area contributed by atoms with E-state index in [1.807, 2.05) is 6.92 Å². The van der Waals surface area contributed by atoms with Crippen LogP contribution in [-0.4, -0.2) is 28.6 Å². The van der Waals surface area contributed by atoms with E-state index in [1.165, 1.54) is 0 Å². The van der Waals surface area contributed by atoms with E-state index in [-0.39, 0.29) is 18.8 Å². The van der Waals surface area contributed by atoms with E-state index in [0.717, 1.165) is 12.8 Å². The second kappa shape index (κ2) is 3.85. The smallest absolute Gasteiger partial charge is 0.373 e. The molecule has 12 heavy (non-hydrogen) atoms. The summed E-state index contributed by atoms with van der Waals surface area (Å²) in [6.07, 6.45) is 1.75. The maximum Gasteiger partial charge on any atom is 0.469 e. The van der Waals surface area contributed by atoms with Gasteiger partial charge in [0.15, 0.2) is 0 Å². The molecule has 1 aliphatic heterocycles. The molecule has 1 fully saturated rings. The van der Waals surface area contributed by atoms with Crippen molar-refractivity contribution in [2.75, 3.05) is 6.61 Å². The summed E-state index contributed by atoms with van der Waals surface area (Å²) in [5.41, 5.74) is 0. The first-order valence-corrected chi connectivity index (χ1v) is 5.36. The fourth-order valence-corrected chi connectivity index (χ4v) is 1.55. The van der Waals surface area contributed by atoms with Gasteiger partial charge in [-0.3, -0.25) is 4.52 Å². The van der Waals surface area contributed by atoms with Crippen LogP contribution in [0.15, 0.2) is 0 Å². The standard InChI is InChI=1S/C6H13O5P/c1-5-2-3-6(11-5)4-10-12(7,8)9/h5-6H,2-4H2,1H3,(H2,7,8,9). The Morgan fingerprint density at radius 2 is 2.25 bits per heavy atom. The third kappa shape index (κ3) is 3.65. The van der Waals surface area contributed by atoms with E-state index >= 15 is 0 Å². The number of hydrogen-bond acceptors (Lipinski definition) is 3. The fraction of sp³-hybridized carbons (Fsp3) is 1.00. The molecule has 0 bridgehead atoms. The number of phosphoric acid groups is 1. The van der Waals surface area contributed by atoms with E-state index in [0.29, 0.717) is 0 Å². The minimum Gasteiger partial charge on any atom is -0.373 e. The predicted molar refractivity (Wildman–Crippen MR) is 41.6 cm³/mol. The fourth-order valence-electron chi connectivity index (χ4n) is 1.19. The Hall–Kier alpha value is 0.0700. The van der Waals surface area contributed by atoms with E-state index in [2.05, 4.69) is 4.52 Å². The number of hydrogen-bond donors (Lipinski definition) is 2. The van der Waals surface area contributed by atoms with Gasteiger partial charge >= 0.3 is 7.82 Å². The highest BCUT2D eigenvalue weighted by atomic mass is 31.2. The van der Waals surface area contributed by atoms with Crippen LogP contribution in [0.5, 0.6) is 0 Å². The summed E-state index contributed by atoms with van der Waals surface area (Å²) in [7, 11) is -4.32. The lowest BCUT2D eigenvalue weighted by molar-refractivity contribution is 0.0185. The van der Waals surface area contributed by atoms with Gasteiger partial charge in [0.05, 0.1) is 18.8 Å². The molecule has 0 radical (unpaired) electrons. The number of ether oxygens (including phenoxy) is 1. The molecule has 0 spiro atoms. The maximum absolute atomic E-state index is 10.3. The first kappa shape index (κ1) is 10.2. The van der Waals surface area contributed by atoms with Gasteiger partial charge in [-0.1, -0.05) is 0 Å². The predicted octanol–water partition coefficient (Wildman–Crippen LogP) is 0.663. The number of rotatable bonds is 3. The normalized spacial score (nSPS) is 30.9. The quantitative estimate of drug-likeness (QED) is 0.648. The molecule has 1 aliphatic rings. The molecule has 72 valence electrons. The van der Waals surface area contributed by atoms with Crippen LogP contribution in [0.3, 0.4) is 0 Å². The van der Waals surface area contributed by atoms with Crippen molar-refractivity contribution in [1.82, 2.24) is 0 Å². The summed E-state index contributed by atoms with van der Waals surface area (Å²) in [5, 5.41) is 0. The molecule has 1 saturated heterocycles. The largest absolute Gasteiger partial charge is 0.469 e. The highest BCUT2D eigenvalue weighted by Gasteiger charge is 2.25. The van der Waals surface area contributed by atoms with Crippen molar-refractivity contribution >= 4 is 7.82 Å². The molecule has 2 atom stereocenters. The Kier molecular flexibility index (Phi) is 3.26. The summed E-state index contributed by atoms with van der Waals surface area (Å²) in [6, 6.07) is 0. The molecule has 6 heteroatoms. The first-order valence-electron chi connectivity index (χ1n) is 3.83. The van der Waals surface area contributed by atoms with Crippen molar-refractivity contribution < 1.29 is 23.6 Å². The van der Waals surface area contributed by atoms with E-state index in [9.17, 15) is 4.57 Å². The second-order valence-electron chi connectivity index (χ2n) is 2.93. The minimum atomic E-state index is -4.32. The zero-order chi connectivity index (χ0) is 9.19. The average Bonchev–Trinajstić information content (AvgIpc) is 2.30. The van der Waals surface area contributed by atoms with Gasteiger partial charge in [-0.15, -0.1) is 0 Å². The van der Waals surface area contributed by atoms with E-state index < -0.39 is 7.82 Å². The Bertz CT molecular complexity index is 188. The van der Waals surface area contributed by atoms with Gasteiger partial charge in [-0.05, 0) is 19.8 Å². The lowest BCUT2D eigenvalue weighted by Crippen LogP contribution is -2.14. The van der Waals surface area contributed by atoms with Gasteiger partial charge in [-0.2, -0.15) is 0 Å². The van der Waals surface area contributed by atoms with Gasteiger partial charge < -0.3 is 14.5 Å². The van der Waals surface area contributed by atoms with Crippen molar-refractivity contribution in [2.24, 2.45) is 0 Å². The van der Waals surface area contributed by atoms with Gasteiger partial charge in [0, 0.05) is 0 Å². The molecule has 1 rings (SSSR count). The van der Waals surface area contributed by atoms with Crippen LogP contribution in [0, 0.1) is 0 Å². The van der Waals surface area contributed by atoms with Crippen LogP contribution < -0.4 is 0 Å². The van der Waals surface area contributed by atoms with Crippen LogP contribution in [0.2, 0.25) is 0 Å². The molecule has 1 heterocycles. The van der Waals surface area contributed by atoms with Crippen LogP contribution in [-0.2, 0) is 13.8 Å². The van der Waals surface area contributed by atoms with Crippen molar-refractivity contribution in [1.29, 1.82) is 0 Å². The highest BCUT2D eigenvalue weighted by molar-refractivity contribution is 7.46. The van der Waals surface area contributed by atoms with Crippen molar-refractivity contribution in [3.63, 3.8) is 0 Å². The summed E-state index contributed by atoms with van der Waals surface area (Å²) in [4.78, 5) is 16.8.